The zero-order valence-corrected chi connectivity index (χ0v) is 22.4. The number of carbonyl (C=O) groups excluding carboxylic acids is 1. The van der Waals surface area contributed by atoms with E-state index in [0.29, 0.717) is 31.9 Å². The number of anilines is 1. The quantitative estimate of drug-likeness (QED) is 0.417. The third kappa shape index (κ3) is 4.48. The van der Waals surface area contributed by atoms with E-state index >= 15 is 0 Å². The summed E-state index contributed by atoms with van der Waals surface area (Å²) in [7, 11) is 0. The second-order valence-electron chi connectivity index (χ2n) is 10.6. The summed E-state index contributed by atoms with van der Waals surface area (Å²) in [5.74, 6) is 1.51. The molecule has 5 rings (SSSR count). The molecule has 5 nitrogen and oxygen atoms in total. The molecule has 0 radical (unpaired) electrons. The molecule has 1 N–H and O–H groups in total. The van der Waals surface area contributed by atoms with Crippen molar-refractivity contribution in [3.8, 4) is 11.5 Å². The van der Waals surface area contributed by atoms with Crippen LogP contribution >= 0.6 is 0 Å². The molecule has 1 saturated heterocycles. The van der Waals surface area contributed by atoms with Gasteiger partial charge < -0.3 is 19.7 Å². The Balaban J connectivity index is 1.45. The first-order valence-electron chi connectivity index (χ1n) is 13.1. The molecule has 1 fully saturated rings. The lowest BCUT2D eigenvalue weighted by Gasteiger charge is -2.49. The predicted molar refractivity (Wildman–Crippen MR) is 149 cm³/mol. The first-order valence-corrected chi connectivity index (χ1v) is 13.1. The first kappa shape index (κ1) is 24.9. The molecule has 0 aliphatic carbocycles. The molecule has 5 heteroatoms. The smallest absolute Gasteiger partial charge is 0.223 e. The summed E-state index contributed by atoms with van der Waals surface area (Å²) in [5.41, 5.74) is 6.03. The number of amides is 1. The highest BCUT2D eigenvalue weighted by molar-refractivity contribution is 5.84. The van der Waals surface area contributed by atoms with Crippen LogP contribution in [0.2, 0.25) is 0 Å². The van der Waals surface area contributed by atoms with Crippen LogP contribution in [0, 0.1) is 13.8 Å². The van der Waals surface area contributed by atoms with Crippen molar-refractivity contribution in [2.75, 3.05) is 18.1 Å². The lowest BCUT2D eigenvalue weighted by molar-refractivity contribution is -0.124. The summed E-state index contributed by atoms with van der Waals surface area (Å²) < 4.78 is 12.1. The number of nitrogens with zero attached hydrogens (tertiary/aromatic N) is 1. The number of benzene rings is 3. The van der Waals surface area contributed by atoms with E-state index in [-0.39, 0.29) is 11.3 Å². The van der Waals surface area contributed by atoms with E-state index in [2.05, 4.69) is 92.5 Å². The number of ether oxygens (including phenoxy) is 2. The Morgan fingerprint density at radius 2 is 1.70 bits per heavy atom. The van der Waals surface area contributed by atoms with Gasteiger partial charge in [-0.25, -0.2) is 0 Å². The standard InChI is InChI=1S/C32H36N2O3/c1-6-36-29-20-24(12-14-28(29)37-21-25-10-7-22(2)8-11-25)15-17-32-31(4,5)26-19-23(3)9-13-27(26)34(32)18-16-30(35)33-32/h7-15,17,19-20H,6,16,18,21H2,1-5H3,(H,33,35)/b17-15+. The topological polar surface area (TPSA) is 50.8 Å². The van der Waals surface area contributed by atoms with Crippen LogP contribution in [0.15, 0.2) is 66.7 Å². The van der Waals surface area contributed by atoms with E-state index in [9.17, 15) is 4.79 Å². The minimum Gasteiger partial charge on any atom is -0.490 e. The first-order chi connectivity index (χ1) is 17.7. The largest absolute Gasteiger partial charge is 0.490 e. The Labute approximate surface area is 220 Å². The number of hydrogen-bond donors (Lipinski definition) is 1. The normalized spacial score (nSPS) is 19.9. The van der Waals surface area contributed by atoms with Crippen molar-refractivity contribution in [2.45, 2.75) is 58.7 Å². The number of aryl methyl sites for hydroxylation is 2. The number of fused-ring (bicyclic) bond motifs is 3. The third-order valence-electron chi connectivity index (χ3n) is 7.69. The number of rotatable bonds is 7. The molecule has 3 aromatic rings. The van der Waals surface area contributed by atoms with Crippen molar-refractivity contribution in [3.63, 3.8) is 0 Å². The summed E-state index contributed by atoms with van der Waals surface area (Å²) in [5, 5.41) is 3.36. The number of nitrogens with one attached hydrogen (secondary N) is 1. The molecule has 3 aromatic carbocycles. The molecule has 1 amide bonds. The van der Waals surface area contributed by atoms with Crippen LogP contribution < -0.4 is 19.7 Å². The maximum atomic E-state index is 12.7. The molecule has 1 unspecified atom stereocenters. The van der Waals surface area contributed by atoms with Crippen molar-refractivity contribution in [2.24, 2.45) is 0 Å². The highest BCUT2D eigenvalue weighted by Crippen LogP contribution is 2.52. The van der Waals surface area contributed by atoms with E-state index in [4.69, 9.17) is 9.47 Å². The van der Waals surface area contributed by atoms with Crippen LogP contribution in [0.1, 0.15) is 55.0 Å². The van der Waals surface area contributed by atoms with Crippen molar-refractivity contribution in [1.29, 1.82) is 0 Å². The van der Waals surface area contributed by atoms with Crippen LogP contribution in [0.5, 0.6) is 11.5 Å². The van der Waals surface area contributed by atoms with Gasteiger partial charge in [0.2, 0.25) is 5.91 Å². The van der Waals surface area contributed by atoms with Gasteiger partial charge in [-0.3, -0.25) is 4.79 Å². The Morgan fingerprint density at radius 1 is 0.946 bits per heavy atom. The fourth-order valence-electron chi connectivity index (χ4n) is 5.55. The molecule has 0 bridgehead atoms. The fraction of sp³-hybridized carbons (Fsp3) is 0.344. The molecule has 37 heavy (non-hydrogen) atoms. The van der Waals surface area contributed by atoms with Gasteiger partial charge in [-0.05, 0) is 61.7 Å². The second-order valence-corrected chi connectivity index (χ2v) is 10.6. The minimum atomic E-state index is -0.648. The van der Waals surface area contributed by atoms with E-state index in [0.717, 1.165) is 16.9 Å². The van der Waals surface area contributed by atoms with Gasteiger partial charge in [-0.1, -0.05) is 73.5 Å². The maximum Gasteiger partial charge on any atom is 0.223 e. The molecule has 0 spiro atoms. The molecule has 2 aliphatic heterocycles. The van der Waals surface area contributed by atoms with Gasteiger partial charge >= 0.3 is 0 Å². The summed E-state index contributed by atoms with van der Waals surface area (Å²) in [6, 6.07) is 20.9. The molecule has 2 aliphatic rings. The molecular formula is C32H36N2O3. The van der Waals surface area contributed by atoms with Crippen LogP contribution in [0.4, 0.5) is 5.69 Å². The Bertz CT molecular complexity index is 1340. The van der Waals surface area contributed by atoms with Gasteiger partial charge in [-0.15, -0.1) is 0 Å². The van der Waals surface area contributed by atoms with Crippen LogP contribution in [0.25, 0.3) is 6.08 Å². The molecule has 1 atom stereocenters. The summed E-state index contributed by atoms with van der Waals surface area (Å²) in [6.07, 6.45) is 4.73. The molecule has 2 heterocycles. The zero-order chi connectivity index (χ0) is 26.2. The molecule has 192 valence electrons. The number of carbonyl (C=O) groups is 1. The average molecular weight is 497 g/mol. The maximum absolute atomic E-state index is 12.7. The van der Waals surface area contributed by atoms with Crippen molar-refractivity contribution in [3.05, 3.63) is 94.6 Å². The number of hydrogen-bond acceptors (Lipinski definition) is 4. The van der Waals surface area contributed by atoms with Gasteiger partial charge in [0.1, 0.15) is 12.3 Å². The van der Waals surface area contributed by atoms with E-state index in [1.165, 1.54) is 22.4 Å². The average Bonchev–Trinajstić information content (AvgIpc) is 3.06. The SMILES string of the molecule is CCOc1cc(/C=C/C23NC(=O)CCN2c2ccc(C)cc2C3(C)C)ccc1OCc1ccc(C)cc1. The van der Waals surface area contributed by atoms with Gasteiger partial charge in [-0.2, -0.15) is 0 Å². The van der Waals surface area contributed by atoms with Crippen molar-refractivity contribution in [1.82, 2.24) is 5.32 Å². The van der Waals surface area contributed by atoms with E-state index in [1.807, 2.05) is 25.1 Å². The van der Waals surface area contributed by atoms with Gasteiger partial charge in [0.15, 0.2) is 11.5 Å². The molecule has 0 saturated carbocycles. The van der Waals surface area contributed by atoms with Crippen molar-refractivity contribution >= 4 is 17.7 Å². The van der Waals surface area contributed by atoms with Crippen LogP contribution in [-0.4, -0.2) is 24.7 Å². The van der Waals surface area contributed by atoms with E-state index in [1.54, 1.807) is 0 Å². The summed E-state index contributed by atoms with van der Waals surface area (Å²) >= 11 is 0. The van der Waals surface area contributed by atoms with E-state index < -0.39 is 5.66 Å². The van der Waals surface area contributed by atoms with Gasteiger partial charge in [0.25, 0.3) is 0 Å². The Hall–Kier alpha value is -3.73. The molecular weight excluding hydrogens is 460 g/mol. The van der Waals surface area contributed by atoms with Crippen LogP contribution in [-0.2, 0) is 16.8 Å². The highest BCUT2D eigenvalue weighted by Gasteiger charge is 2.57. The van der Waals surface area contributed by atoms with Crippen molar-refractivity contribution < 1.29 is 14.3 Å². The summed E-state index contributed by atoms with van der Waals surface area (Å²) in [6.45, 7) is 12.3. The lowest BCUT2D eigenvalue weighted by atomic mass is 9.74. The monoisotopic (exact) mass is 496 g/mol. The fourth-order valence-corrected chi connectivity index (χ4v) is 5.55. The Kier molecular flexibility index (Phi) is 6.49. The molecule has 0 aromatic heterocycles. The summed E-state index contributed by atoms with van der Waals surface area (Å²) in [4.78, 5) is 15.1. The van der Waals surface area contributed by atoms with Gasteiger partial charge in [0, 0.05) is 24.1 Å². The van der Waals surface area contributed by atoms with Gasteiger partial charge in [0.05, 0.1) is 6.61 Å². The minimum absolute atomic E-state index is 0.0772. The third-order valence-corrected chi connectivity index (χ3v) is 7.69. The highest BCUT2D eigenvalue weighted by atomic mass is 16.5. The predicted octanol–water partition coefficient (Wildman–Crippen LogP) is 6.31. The Morgan fingerprint density at radius 3 is 2.46 bits per heavy atom. The second kappa shape index (κ2) is 9.62. The lowest BCUT2D eigenvalue weighted by Crippen LogP contribution is -2.68. The zero-order valence-electron chi connectivity index (χ0n) is 22.4. The van der Waals surface area contributed by atoms with Crippen LogP contribution in [0.3, 0.4) is 0 Å².